The standard InChI is InChI=1S/C30H52N7O17P3S/c1-5-18(2)8-6-7-9-21(39)58-13-12-32-20(38)10-11-33-28(42)25(41)30(3,4)15-51-57(48,49)54-56(46,47)50-14-19-24(53-55(43,44)45)23(40)29(52-19)37-17-36-22-26(31)34-16-35-27(22)37/h16-19,23-25,29,40-41H,5-15H2,1-4H3,(H,32,38)(H,33,42)(H,46,47)(H,48,49)(H2,31,34,35)(H2,43,44,45)/t18?,19-,23-,24-,25+,29-/m1/s1. The molecule has 0 radical (unpaired) electrons. The molecule has 0 aromatic carbocycles. The van der Waals surface area contributed by atoms with Crippen molar-refractivity contribution in [2.24, 2.45) is 11.3 Å². The van der Waals surface area contributed by atoms with E-state index >= 15 is 0 Å². The van der Waals surface area contributed by atoms with E-state index in [0.717, 1.165) is 54.7 Å². The number of aliphatic hydroxyl groups excluding tert-OH is 2. The number of hydrogen-bond donors (Lipinski definition) is 9. The first kappa shape index (κ1) is 49.9. The predicted octanol–water partition coefficient (Wildman–Crippen LogP) is 1.27. The number of anilines is 1. The number of amides is 2. The number of rotatable bonds is 25. The molecule has 8 atom stereocenters. The molecule has 3 heterocycles. The number of aliphatic hydroxyl groups is 2. The van der Waals surface area contributed by atoms with E-state index < -0.39 is 84.6 Å². The molecule has 10 N–H and O–H groups in total. The van der Waals surface area contributed by atoms with Crippen LogP contribution in [0.4, 0.5) is 5.82 Å². The second-order valence-corrected chi connectivity index (χ2v) is 19.4. The summed E-state index contributed by atoms with van der Waals surface area (Å²) in [6.45, 7) is 4.86. The van der Waals surface area contributed by atoms with Crippen LogP contribution in [-0.4, -0.2) is 123 Å². The summed E-state index contributed by atoms with van der Waals surface area (Å²) in [4.78, 5) is 87.8. The molecule has 0 bridgehead atoms. The molecule has 3 rings (SSSR count). The van der Waals surface area contributed by atoms with Crippen LogP contribution in [0.3, 0.4) is 0 Å². The van der Waals surface area contributed by atoms with Crippen molar-refractivity contribution in [3.8, 4) is 0 Å². The van der Waals surface area contributed by atoms with Crippen molar-refractivity contribution in [2.45, 2.75) is 96.9 Å². The molecule has 2 aromatic rings. The number of hydrogen-bond acceptors (Lipinski definition) is 18. The van der Waals surface area contributed by atoms with Crippen LogP contribution in [-0.2, 0) is 50.7 Å². The number of carbonyl (C=O) groups is 3. The lowest BCUT2D eigenvalue weighted by molar-refractivity contribution is -0.137. The minimum atomic E-state index is -5.57. The summed E-state index contributed by atoms with van der Waals surface area (Å²) in [7, 11) is -16.4. The van der Waals surface area contributed by atoms with Crippen LogP contribution in [0.5, 0.6) is 0 Å². The van der Waals surface area contributed by atoms with Gasteiger partial charge in [-0.25, -0.2) is 28.6 Å². The quantitative estimate of drug-likeness (QED) is 0.0500. The summed E-state index contributed by atoms with van der Waals surface area (Å²) in [6.07, 6.45) is -2.42. The van der Waals surface area contributed by atoms with E-state index in [-0.39, 0.29) is 41.6 Å². The van der Waals surface area contributed by atoms with E-state index in [1.807, 2.05) is 0 Å². The average Bonchev–Trinajstić information content (AvgIpc) is 3.69. The molecule has 330 valence electrons. The summed E-state index contributed by atoms with van der Waals surface area (Å²) in [5.41, 5.74) is 4.27. The van der Waals surface area contributed by atoms with Gasteiger partial charge in [0.1, 0.15) is 36.3 Å². The fourth-order valence-corrected chi connectivity index (χ4v) is 8.88. The number of phosphoric ester groups is 3. The first-order valence-electron chi connectivity index (χ1n) is 18.0. The predicted molar refractivity (Wildman–Crippen MR) is 205 cm³/mol. The van der Waals surface area contributed by atoms with Crippen molar-refractivity contribution in [1.82, 2.24) is 30.2 Å². The number of nitrogens with two attached hydrogens (primary N) is 1. The Labute approximate surface area is 337 Å². The van der Waals surface area contributed by atoms with Crippen LogP contribution in [0, 0.1) is 11.3 Å². The highest BCUT2D eigenvalue weighted by molar-refractivity contribution is 8.13. The summed E-state index contributed by atoms with van der Waals surface area (Å²) in [6, 6.07) is 0. The number of carbonyl (C=O) groups excluding carboxylic acids is 3. The van der Waals surface area contributed by atoms with Gasteiger partial charge in [0.15, 0.2) is 22.8 Å². The highest BCUT2D eigenvalue weighted by Crippen LogP contribution is 2.61. The Morgan fingerprint density at radius 1 is 1.03 bits per heavy atom. The molecule has 1 aliphatic heterocycles. The minimum Gasteiger partial charge on any atom is -0.386 e. The summed E-state index contributed by atoms with van der Waals surface area (Å²) < 4.78 is 62.2. The summed E-state index contributed by atoms with van der Waals surface area (Å²) >= 11 is 1.13. The molecule has 2 amide bonds. The average molecular weight is 908 g/mol. The fourth-order valence-electron chi connectivity index (χ4n) is 5.33. The molecule has 1 fully saturated rings. The lowest BCUT2D eigenvalue weighted by Gasteiger charge is -2.30. The maximum absolute atomic E-state index is 12.7. The number of imidazole rings is 1. The van der Waals surface area contributed by atoms with Gasteiger partial charge >= 0.3 is 23.5 Å². The molecule has 0 aliphatic carbocycles. The summed E-state index contributed by atoms with van der Waals surface area (Å²) in [5, 5.41) is 26.5. The van der Waals surface area contributed by atoms with Crippen molar-refractivity contribution >= 4 is 69.1 Å². The van der Waals surface area contributed by atoms with Crippen LogP contribution in [0.2, 0.25) is 0 Å². The highest BCUT2D eigenvalue weighted by atomic mass is 32.2. The van der Waals surface area contributed by atoms with Crippen LogP contribution < -0.4 is 16.4 Å². The monoisotopic (exact) mass is 907 g/mol. The molecule has 1 saturated heterocycles. The lowest BCUT2D eigenvalue weighted by Crippen LogP contribution is -2.46. The zero-order valence-electron chi connectivity index (χ0n) is 32.2. The number of ether oxygens (including phenoxy) is 1. The number of thioether (sulfide) groups is 1. The smallest absolute Gasteiger partial charge is 0.386 e. The van der Waals surface area contributed by atoms with Crippen LogP contribution >= 0.6 is 35.2 Å². The van der Waals surface area contributed by atoms with E-state index in [4.69, 9.17) is 19.5 Å². The second kappa shape index (κ2) is 21.9. The van der Waals surface area contributed by atoms with Gasteiger partial charge in [0.05, 0.1) is 19.5 Å². The Morgan fingerprint density at radius 3 is 2.40 bits per heavy atom. The Bertz CT molecular complexity index is 1850. The van der Waals surface area contributed by atoms with Crippen LogP contribution in [0.25, 0.3) is 11.2 Å². The lowest BCUT2D eigenvalue weighted by atomic mass is 9.87. The fraction of sp³-hybridized carbons (Fsp3) is 0.733. The molecular weight excluding hydrogens is 855 g/mol. The molecule has 24 nitrogen and oxygen atoms in total. The first-order valence-corrected chi connectivity index (χ1v) is 23.5. The van der Waals surface area contributed by atoms with Gasteiger partial charge in [0.2, 0.25) is 11.8 Å². The van der Waals surface area contributed by atoms with Crippen molar-refractivity contribution < 1.29 is 80.5 Å². The second-order valence-electron chi connectivity index (χ2n) is 14.0. The largest absolute Gasteiger partial charge is 0.481 e. The van der Waals surface area contributed by atoms with Crippen molar-refractivity contribution in [3.63, 3.8) is 0 Å². The molecule has 58 heavy (non-hydrogen) atoms. The van der Waals surface area contributed by atoms with E-state index in [2.05, 4.69) is 48.3 Å². The molecule has 3 unspecified atom stereocenters. The van der Waals surface area contributed by atoms with Crippen LogP contribution in [0.1, 0.15) is 72.4 Å². The maximum atomic E-state index is 12.7. The van der Waals surface area contributed by atoms with E-state index in [0.29, 0.717) is 18.1 Å². The molecular formula is C30H52N7O17P3S. The van der Waals surface area contributed by atoms with E-state index in [1.165, 1.54) is 13.8 Å². The first-order chi connectivity index (χ1) is 26.9. The van der Waals surface area contributed by atoms with E-state index in [1.54, 1.807) is 0 Å². The Hall–Kier alpha value is -2.44. The third-order valence-corrected chi connectivity index (χ3v) is 12.8. The number of nitrogen functional groups attached to an aromatic ring is 1. The number of phosphoric acid groups is 3. The normalized spacial score (nSPS) is 21.9. The third kappa shape index (κ3) is 15.9. The number of unbranched alkanes of at least 4 members (excludes halogenated alkanes) is 1. The summed E-state index contributed by atoms with van der Waals surface area (Å²) in [5.74, 6) is -0.407. The molecule has 1 aliphatic rings. The highest BCUT2D eigenvalue weighted by Gasteiger charge is 2.50. The van der Waals surface area contributed by atoms with Crippen molar-refractivity contribution in [3.05, 3.63) is 12.7 Å². The SMILES string of the molecule is CCC(C)CCCCC(=O)SCCNC(=O)CCNC(=O)[C@H](O)C(C)(C)COP(=O)(O)OP(=O)(O)OC[C@H]1O[C@@H](n2cnc3c(N)ncnc32)[C@H](O)[C@@H]1OP(=O)(O)O. The van der Waals surface area contributed by atoms with Gasteiger partial charge in [-0.1, -0.05) is 58.7 Å². The molecule has 28 heteroatoms. The number of nitrogens with zero attached hydrogens (tertiary/aromatic N) is 4. The minimum absolute atomic E-state index is 0.0323. The van der Waals surface area contributed by atoms with Gasteiger partial charge in [0, 0.05) is 37.1 Å². The van der Waals surface area contributed by atoms with Gasteiger partial charge in [-0.15, -0.1) is 0 Å². The van der Waals surface area contributed by atoms with Gasteiger partial charge in [-0.3, -0.25) is 32.5 Å². The number of fused-ring (bicyclic) bond motifs is 1. The van der Waals surface area contributed by atoms with Gasteiger partial charge < -0.3 is 50.9 Å². The Morgan fingerprint density at radius 2 is 1.72 bits per heavy atom. The maximum Gasteiger partial charge on any atom is 0.481 e. The van der Waals surface area contributed by atoms with Crippen molar-refractivity contribution in [2.75, 3.05) is 37.8 Å². The molecule has 0 spiro atoms. The zero-order valence-corrected chi connectivity index (χ0v) is 35.7. The number of nitrogens with one attached hydrogen (secondary N) is 2. The Kier molecular flexibility index (Phi) is 18.8. The molecule has 2 aromatic heterocycles. The Balaban J connectivity index is 1.44. The topological polar surface area (TPSA) is 364 Å². The van der Waals surface area contributed by atoms with Crippen LogP contribution in [0.15, 0.2) is 12.7 Å². The van der Waals surface area contributed by atoms with Gasteiger partial charge in [-0.2, -0.15) is 4.31 Å². The van der Waals surface area contributed by atoms with E-state index in [9.17, 15) is 57.9 Å². The van der Waals surface area contributed by atoms with Crippen molar-refractivity contribution in [1.29, 1.82) is 0 Å². The van der Waals surface area contributed by atoms with Gasteiger partial charge in [0.25, 0.3) is 0 Å². The third-order valence-electron chi connectivity index (χ3n) is 8.79. The number of aromatic nitrogens is 4. The molecule has 0 saturated carbocycles. The zero-order chi connectivity index (χ0) is 43.5. The van der Waals surface area contributed by atoms with Gasteiger partial charge in [-0.05, 0) is 12.3 Å².